The van der Waals surface area contributed by atoms with Gasteiger partial charge in [0.1, 0.15) is 6.33 Å². The predicted molar refractivity (Wildman–Crippen MR) is 109 cm³/mol. The fourth-order valence-corrected chi connectivity index (χ4v) is 4.11. The number of H-pyrrole nitrogens is 1. The van der Waals surface area contributed by atoms with Crippen LogP contribution in [0.2, 0.25) is 0 Å². The molecule has 0 saturated heterocycles. The lowest BCUT2D eigenvalue weighted by atomic mass is 10.1. The largest absolute Gasteiger partial charge is 0.348 e. The summed E-state index contributed by atoms with van der Waals surface area (Å²) >= 11 is 6.63. The SMILES string of the molecule is CCc1ccccc1-n1cnnc1SCC(=O)NCc1n[nH]c(=S)n1C1CC1. The van der Waals surface area contributed by atoms with Gasteiger partial charge in [-0.1, -0.05) is 36.9 Å². The smallest absolute Gasteiger partial charge is 0.230 e. The highest BCUT2D eigenvalue weighted by atomic mass is 32.2. The summed E-state index contributed by atoms with van der Waals surface area (Å²) in [7, 11) is 0. The molecule has 10 heteroatoms. The van der Waals surface area contributed by atoms with Crippen molar-refractivity contribution in [2.75, 3.05) is 5.75 Å². The lowest BCUT2D eigenvalue weighted by Crippen LogP contribution is -2.26. The Kier molecular flexibility index (Phi) is 5.58. The molecule has 0 atom stereocenters. The first-order valence-electron chi connectivity index (χ1n) is 9.21. The molecule has 1 amide bonds. The normalized spacial score (nSPS) is 13.6. The minimum Gasteiger partial charge on any atom is -0.348 e. The molecule has 3 aromatic rings. The molecule has 1 aliphatic rings. The van der Waals surface area contributed by atoms with Gasteiger partial charge in [-0.15, -0.1) is 10.2 Å². The minimum absolute atomic E-state index is 0.0837. The van der Waals surface area contributed by atoms with E-state index in [1.54, 1.807) is 6.33 Å². The van der Waals surface area contributed by atoms with Gasteiger partial charge >= 0.3 is 0 Å². The number of aromatic amines is 1. The van der Waals surface area contributed by atoms with Crippen LogP contribution in [0, 0.1) is 4.77 Å². The number of thioether (sulfide) groups is 1. The first-order chi connectivity index (χ1) is 13.7. The molecule has 1 aliphatic carbocycles. The Morgan fingerprint density at radius 3 is 3.00 bits per heavy atom. The second-order valence-corrected chi connectivity index (χ2v) is 7.91. The molecule has 0 spiro atoms. The summed E-state index contributed by atoms with van der Waals surface area (Å²) in [5.41, 5.74) is 2.24. The average Bonchev–Trinajstić information content (AvgIpc) is 3.32. The molecule has 0 unspecified atom stereocenters. The molecule has 1 saturated carbocycles. The van der Waals surface area contributed by atoms with Gasteiger partial charge in [0.05, 0.1) is 18.0 Å². The van der Waals surface area contributed by atoms with Crippen molar-refractivity contribution in [3.8, 4) is 5.69 Å². The fraction of sp³-hybridized carbons (Fsp3) is 0.389. The molecule has 4 rings (SSSR count). The molecular formula is C18H21N7OS2. The zero-order valence-electron chi connectivity index (χ0n) is 15.5. The molecule has 0 radical (unpaired) electrons. The number of nitrogens with zero attached hydrogens (tertiary/aromatic N) is 5. The van der Waals surface area contributed by atoms with E-state index < -0.39 is 0 Å². The number of carbonyl (C=O) groups is 1. The number of aryl methyl sites for hydroxylation is 1. The summed E-state index contributed by atoms with van der Waals surface area (Å²) in [4.78, 5) is 12.3. The van der Waals surface area contributed by atoms with Crippen molar-refractivity contribution in [3.63, 3.8) is 0 Å². The van der Waals surface area contributed by atoms with E-state index in [9.17, 15) is 4.79 Å². The Balaban J connectivity index is 1.37. The third-order valence-corrected chi connectivity index (χ3v) is 5.85. The summed E-state index contributed by atoms with van der Waals surface area (Å²) in [6.07, 6.45) is 4.82. The molecule has 28 heavy (non-hydrogen) atoms. The molecule has 1 fully saturated rings. The third-order valence-electron chi connectivity index (χ3n) is 4.61. The third kappa shape index (κ3) is 4.02. The standard InChI is InChI=1S/C18H21N7OS2/c1-2-12-5-3-4-6-14(12)24-11-20-23-18(24)28-10-16(26)19-9-15-21-22-17(27)25(15)13-7-8-13/h3-6,11,13H,2,7-10H2,1H3,(H,19,26)(H,22,27). The van der Waals surface area contributed by atoms with Crippen molar-refractivity contribution >= 4 is 29.9 Å². The Bertz CT molecular complexity index is 1030. The summed E-state index contributed by atoms with van der Waals surface area (Å²) in [6, 6.07) is 8.55. The maximum absolute atomic E-state index is 12.3. The maximum Gasteiger partial charge on any atom is 0.230 e. The Labute approximate surface area is 171 Å². The van der Waals surface area contributed by atoms with E-state index in [4.69, 9.17) is 12.2 Å². The van der Waals surface area contributed by atoms with E-state index in [0.29, 0.717) is 22.5 Å². The van der Waals surface area contributed by atoms with E-state index >= 15 is 0 Å². The molecule has 2 heterocycles. The number of para-hydroxylation sites is 1. The van der Waals surface area contributed by atoms with Crippen LogP contribution in [0.5, 0.6) is 0 Å². The number of carbonyl (C=O) groups excluding carboxylic acids is 1. The molecule has 146 valence electrons. The van der Waals surface area contributed by atoms with Gasteiger partial charge in [0, 0.05) is 6.04 Å². The van der Waals surface area contributed by atoms with Crippen LogP contribution in [0.1, 0.15) is 37.2 Å². The monoisotopic (exact) mass is 415 g/mol. The molecular weight excluding hydrogens is 394 g/mol. The van der Waals surface area contributed by atoms with E-state index in [-0.39, 0.29) is 11.7 Å². The van der Waals surface area contributed by atoms with E-state index in [0.717, 1.165) is 30.8 Å². The number of aromatic nitrogens is 6. The highest BCUT2D eigenvalue weighted by Gasteiger charge is 2.27. The highest BCUT2D eigenvalue weighted by Crippen LogP contribution is 2.35. The van der Waals surface area contributed by atoms with Crippen molar-refractivity contribution in [3.05, 3.63) is 46.8 Å². The Hall–Kier alpha value is -2.46. The highest BCUT2D eigenvalue weighted by molar-refractivity contribution is 7.99. The fourth-order valence-electron chi connectivity index (χ4n) is 3.06. The van der Waals surface area contributed by atoms with Gasteiger partial charge in [-0.25, -0.2) is 0 Å². The second kappa shape index (κ2) is 8.27. The molecule has 0 bridgehead atoms. The van der Waals surface area contributed by atoms with Crippen molar-refractivity contribution in [2.24, 2.45) is 0 Å². The number of amides is 1. The van der Waals surface area contributed by atoms with Crippen molar-refractivity contribution in [1.82, 2.24) is 34.8 Å². The quantitative estimate of drug-likeness (QED) is 0.434. The topological polar surface area (TPSA) is 93.4 Å². The number of rotatable bonds is 8. The number of hydrogen-bond acceptors (Lipinski definition) is 6. The lowest BCUT2D eigenvalue weighted by Gasteiger charge is -2.10. The van der Waals surface area contributed by atoms with E-state index in [2.05, 4.69) is 38.7 Å². The number of nitrogens with one attached hydrogen (secondary N) is 2. The van der Waals surface area contributed by atoms with Gasteiger partial charge in [0.25, 0.3) is 0 Å². The predicted octanol–water partition coefficient (Wildman–Crippen LogP) is 2.83. The molecule has 0 aliphatic heterocycles. The maximum atomic E-state index is 12.3. The lowest BCUT2D eigenvalue weighted by molar-refractivity contribution is -0.118. The van der Waals surface area contributed by atoms with Crippen LogP contribution in [-0.2, 0) is 17.8 Å². The van der Waals surface area contributed by atoms with Gasteiger partial charge in [-0.3, -0.25) is 19.0 Å². The van der Waals surface area contributed by atoms with Gasteiger partial charge in [-0.2, -0.15) is 5.10 Å². The number of hydrogen-bond donors (Lipinski definition) is 2. The first kappa shape index (κ1) is 18.9. The Morgan fingerprint density at radius 1 is 1.39 bits per heavy atom. The number of benzene rings is 1. The van der Waals surface area contributed by atoms with Crippen LogP contribution in [0.15, 0.2) is 35.7 Å². The zero-order valence-corrected chi connectivity index (χ0v) is 17.1. The van der Waals surface area contributed by atoms with Crippen LogP contribution in [0.25, 0.3) is 5.69 Å². The van der Waals surface area contributed by atoms with Gasteiger partial charge in [0.15, 0.2) is 15.8 Å². The summed E-state index contributed by atoms with van der Waals surface area (Å²) in [6.45, 7) is 2.47. The summed E-state index contributed by atoms with van der Waals surface area (Å²) in [5, 5.41) is 18.8. The average molecular weight is 416 g/mol. The van der Waals surface area contributed by atoms with Gasteiger partial charge in [-0.05, 0) is 43.1 Å². The zero-order chi connectivity index (χ0) is 19.5. The summed E-state index contributed by atoms with van der Waals surface area (Å²) in [5.74, 6) is 0.937. The minimum atomic E-state index is -0.0837. The van der Waals surface area contributed by atoms with Crippen molar-refractivity contribution in [2.45, 2.75) is 43.9 Å². The van der Waals surface area contributed by atoms with Gasteiger partial charge in [0.2, 0.25) is 5.91 Å². The van der Waals surface area contributed by atoms with Crippen LogP contribution < -0.4 is 5.32 Å². The van der Waals surface area contributed by atoms with Crippen LogP contribution in [-0.4, -0.2) is 41.2 Å². The van der Waals surface area contributed by atoms with Crippen molar-refractivity contribution < 1.29 is 4.79 Å². The molecule has 1 aromatic carbocycles. The first-order valence-corrected chi connectivity index (χ1v) is 10.6. The van der Waals surface area contributed by atoms with Crippen molar-refractivity contribution in [1.29, 1.82) is 0 Å². The second-order valence-electron chi connectivity index (χ2n) is 6.58. The van der Waals surface area contributed by atoms with E-state index in [1.807, 2.05) is 27.3 Å². The van der Waals surface area contributed by atoms with Crippen LogP contribution in [0.4, 0.5) is 0 Å². The van der Waals surface area contributed by atoms with Crippen LogP contribution in [0.3, 0.4) is 0 Å². The summed E-state index contributed by atoms with van der Waals surface area (Å²) < 4.78 is 4.54. The van der Waals surface area contributed by atoms with E-state index in [1.165, 1.54) is 17.3 Å². The molecule has 2 N–H and O–H groups in total. The molecule has 8 nitrogen and oxygen atoms in total. The van der Waals surface area contributed by atoms with Crippen LogP contribution >= 0.6 is 24.0 Å². The Morgan fingerprint density at radius 2 is 2.21 bits per heavy atom. The van der Waals surface area contributed by atoms with Gasteiger partial charge < -0.3 is 5.32 Å². The molecule has 2 aromatic heterocycles.